The summed E-state index contributed by atoms with van der Waals surface area (Å²) < 4.78 is 22.8. The number of rotatable bonds is 55. The summed E-state index contributed by atoms with van der Waals surface area (Å²) in [6, 6.07) is -0.959. The maximum atomic E-state index is 13.3. The molecule has 500 valence electrons. The van der Waals surface area contributed by atoms with Gasteiger partial charge in [-0.25, -0.2) is 0 Å². The van der Waals surface area contributed by atoms with E-state index in [0.717, 1.165) is 77.0 Å². The average Bonchev–Trinajstić information content (AvgIpc) is 2.50. The molecule has 2 heterocycles. The standard InChI is InChI=1S/C73H125NO13/c1-3-5-7-9-11-13-15-17-19-21-23-25-27-29-30-31-33-34-36-38-40-42-44-46-48-50-52-54-56-62(77)61(60-84-72-70(83)68(81)71(64(59-76)86-72)87-73-69(82)67(80)66(79)63(58-75)85-73)74-65(78)57-55-53-51-49-47-45-43-41-39-37-35-32-28-26-24-22-20-18-16-14-12-10-8-6-4-2/h6,8,12,14,18,20,24,26,32,35,39,41,45-48,54,56,61-64,66-73,75-77,79-83H,3-5,7,9-11,13,15-17,19,21-23,25,27-31,33-34,36-38,40,42-44,49-53,55,57-60H2,1-2H3,(H,74,78)/b8-6-,14-12-,20-18-,26-24-,35-32-,41-39-,47-45-,48-46+,56-54+. The number of hydrogen-bond acceptors (Lipinski definition) is 13. The van der Waals surface area contributed by atoms with Crippen LogP contribution in [0, 0.1) is 0 Å². The topological polar surface area (TPSA) is 228 Å². The van der Waals surface area contributed by atoms with Crippen molar-refractivity contribution in [2.75, 3.05) is 19.8 Å². The van der Waals surface area contributed by atoms with E-state index in [9.17, 15) is 45.6 Å². The lowest BCUT2D eigenvalue weighted by molar-refractivity contribution is -0.359. The number of ether oxygens (including phenoxy) is 4. The molecular weight excluding hydrogens is 1100 g/mol. The fourth-order valence-electron chi connectivity index (χ4n) is 10.7. The summed E-state index contributed by atoms with van der Waals surface area (Å²) in [4.78, 5) is 13.3. The Morgan fingerprint density at radius 1 is 0.425 bits per heavy atom. The first kappa shape index (κ1) is 79.7. The van der Waals surface area contributed by atoms with Gasteiger partial charge < -0.3 is 65.1 Å². The number of unbranched alkanes of at least 4 members (excludes halogenated alkanes) is 26. The summed E-state index contributed by atoms with van der Waals surface area (Å²) >= 11 is 0. The lowest BCUT2D eigenvalue weighted by atomic mass is 9.97. The van der Waals surface area contributed by atoms with Crippen molar-refractivity contribution in [3.8, 4) is 0 Å². The number of hydrogen-bond donors (Lipinski definition) is 9. The van der Waals surface area contributed by atoms with Gasteiger partial charge in [0.2, 0.25) is 5.91 Å². The van der Waals surface area contributed by atoms with Gasteiger partial charge in [0.15, 0.2) is 12.6 Å². The normalized spacial score (nSPS) is 24.0. The third-order valence-electron chi connectivity index (χ3n) is 16.2. The largest absolute Gasteiger partial charge is 0.394 e. The van der Waals surface area contributed by atoms with Crippen molar-refractivity contribution in [1.82, 2.24) is 5.32 Å². The van der Waals surface area contributed by atoms with E-state index in [0.29, 0.717) is 12.8 Å². The number of carbonyl (C=O) groups excluding carboxylic acids is 1. The van der Waals surface area contributed by atoms with Crippen LogP contribution in [0.2, 0.25) is 0 Å². The highest BCUT2D eigenvalue weighted by atomic mass is 16.7. The van der Waals surface area contributed by atoms with Crippen molar-refractivity contribution in [2.24, 2.45) is 0 Å². The van der Waals surface area contributed by atoms with Crippen LogP contribution in [0.25, 0.3) is 0 Å². The monoisotopic (exact) mass is 1220 g/mol. The minimum Gasteiger partial charge on any atom is -0.394 e. The molecular formula is C73H125NO13. The van der Waals surface area contributed by atoms with Gasteiger partial charge in [-0.2, -0.15) is 0 Å². The Morgan fingerprint density at radius 3 is 1.26 bits per heavy atom. The lowest BCUT2D eigenvalue weighted by Crippen LogP contribution is -2.65. The number of carbonyl (C=O) groups is 1. The zero-order valence-electron chi connectivity index (χ0n) is 54.2. The van der Waals surface area contributed by atoms with Gasteiger partial charge in [0.05, 0.1) is 32.0 Å². The molecule has 9 N–H and O–H groups in total. The quantitative estimate of drug-likeness (QED) is 0.0204. The van der Waals surface area contributed by atoms with Crippen LogP contribution in [0.4, 0.5) is 0 Å². The highest BCUT2D eigenvalue weighted by Gasteiger charge is 2.51. The fraction of sp³-hybridized carbons (Fsp3) is 0.740. The Labute approximate surface area is 527 Å². The Hall–Kier alpha value is -3.35. The molecule has 14 nitrogen and oxygen atoms in total. The second-order valence-corrected chi connectivity index (χ2v) is 23.9. The molecule has 0 radical (unpaired) electrons. The summed E-state index contributed by atoms with van der Waals surface area (Å²) in [7, 11) is 0. The summed E-state index contributed by atoms with van der Waals surface area (Å²) in [5.41, 5.74) is 0. The number of aliphatic hydroxyl groups excluding tert-OH is 8. The molecule has 2 rings (SSSR count). The van der Waals surface area contributed by atoms with Crippen LogP contribution in [-0.4, -0.2) is 140 Å². The second kappa shape index (κ2) is 56.6. The number of nitrogens with one attached hydrogen (secondary N) is 1. The summed E-state index contributed by atoms with van der Waals surface area (Å²) in [6.07, 6.45) is 64.3. The SMILES string of the molecule is CC/C=C\C/C=C\C/C=C\C/C=C\C/C=C\C/C=C\C/C=C\CCCCCC(=O)NC(COC1OC(CO)C(OC2OC(CO)C(O)C(O)C2O)C(O)C1O)C(O)/C=C/CC/C=C/CCCCCCCCCCCCCCCCCCCCCCCC. The Kier molecular flexibility index (Phi) is 51.9. The minimum absolute atomic E-state index is 0.227. The molecule has 2 aliphatic rings. The van der Waals surface area contributed by atoms with Crippen LogP contribution in [0.1, 0.15) is 251 Å². The summed E-state index contributed by atoms with van der Waals surface area (Å²) in [5, 5.41) is 87.4. The first-order valence-electron chi connectivity index (χ1n) is 34.6. The van der Waals surface area contributed by atoms with Crippen molar-refractivity contribution in [2.45, 2.75) is 325 Å². The van der Waals surface area contributed by atoms with Crippen LogP contribution in [0.15, 0.2) is 109 Å². The predicted octanol–water partition coefficient (Wildman–Crippen LogP) is 14.0. The van der Waals surface area contributed by atoms with Gasteiger partial charge in [-0.1, -0.05) is 264 Å². The van der Waals surface area contributed by atoms with Crippen molar-refractivity contribution >= 4 is 5.91 Å². The van der Waals surface area contributed by atoms with E-state index in [4.69, 9.17) is 18.9 Å². The van der Waals surface area contributed by atoms with Gasteiger partial charge in [-0.15, -0.1) is 0 Å². The van der Waals surface area contributed by atoms with E-state index in [-0.39, 0.29) is 18.9 Å². The Morgan fingerprint density at radius 2 is 0.805 bits per heavy atom. The summed E-state index contributed by atoms with van der Waals surface area (Å²) in [5.74, 6) is -0.283. The highest BCUT2D eigenvalue weighted by Crippen LogP contribution is 2.30. The third kappa shape index (κ3) is 40.9. The Balaban J connectivity index is 1.74. The van der Waals surface area contributed by atoms with E-state index in [1.54, 1.807) is 6.08 Å². The molecule has 0 aliphatic carbocycles. The smallest absolute Gasteiger partial charge is 0.220 e. The van der Waals surface area contributed by atoms with Crippen molar-refractivity contribution in [3.05, 3.63) is 109 Å². The molecule has 0 spiro atoms. The van der Waals surface area contributed by atoms with Crippen LogP contribution >= 0.6 is 0 Å². The zero-order chi connectivity index (χ0) is 63.1. The molecule has 2 aliphatic heterocycles. The molecule has 87 heavy (non-hydrogen) atoms. The van der Waals surface area contributed by atoms with E-state index >= 15 is 0 Å². The van der Waals surface area contributed by atoms with Gasteiger partial charge in [0.25, 0.3) is 0 Å². The number of aliphatic hydroxyl groups is 8. The van der Waals surface area contributed by atoms with Gasteiger partial charge in [-0.3, -0.25) is 4.79 Å². The van der Waals surface area contributed by atoms with Crippen molar-refractivity contribution < 1.29 is 64.6 Å². The first-order chi connectivity index (χ1) is 42.6. The van der Waals surface area contributed by atoms with E-state index in [2.05, 4.69) is 116 Å². The second-order valence-electron chi connectivity index (χ2n) is 23.9. The first-order valence-corrected chi connectivity index (χ1v) is 34.6. The maximum Gasteiger partial charge on any atom is 0.220 e. The fourth-order valence-corrected chi connectivity index (χ4v) is 10.7. The van der Waals surface area contributed by atoms with Crippen LogP contribution in [0.3, 0.4) is 0 Å². The number of allylic oxidation sites excluding steroid dienone is 17. The Bertz CT molecular complexity index is 1880. The molecule has 0 bridgehead atoms. The van der Waals surface area contributed by atoms with Gasteiger partial charge >= 0.3 is 0 Å². The average molecular weight is 1220 g/mol. The van der Waals surface area contributed by atoms with E-state index in [1.807, 2.05) is 6.08 Å². The van der Waals surface area contributed by atoms with Crippen LogP contribution in [0.5, 0.6) is 0 Å². The molecule has 0 aromatic heterocycles. The molecule has 1 amide bonds. The molecule has 12 unspecified atom stereocenters. The minimum atomic E-state index is -1.80. The molecule has 12 atom stereocenters. The summed E-state index contributed by atoms with van der Waals surface area (Å²) in [6.45, 7) is 2.66. The van der Waals surface area contributed by atoms with Crippen molar-refractivity contribution in [1.29, 1.82) is 0 Å². The highest BCUT2D eigenvalue weighted by molar-refractivity contribution is 5.76. The molecule has 0 saturated carbocycles. The van der Waals surface area contributed by atoms with E-state index < -0.39 is 86.8 Å². The predicted molar refractivity (Wildman–Crippen MR) is 355 cm³/mol. The van der Waals surface area contributed by atoms with Crippen LogP contribution < -0.4 is 5.32 Å². The number of amides is 1. The molecule has 2 saturated heterocycles. The third-order valence-corrected chi connectivity index (χ3v) is 16.2. The van der Waals surface area contributed by atoms with Crippen molar-refractivity contribution in [3.63, 3.8) is 0 Å². The maximum absolute atomic E-state index is 13.3. The molecule has 0 aromatic rings. The van der Waals surface area contributed by atoms with Gasteiger partial charge in [-0.05, 0) is 89.9 Å². The molecule has 14 heteroatoms. The van der Waals surface area contributed by atoms with Gasteiger partial charge in [0.1, 0.15) is 48.8 Å². The van der Waals surface area contributed by atoms with E-state index in [1.165, 1.54) is 141 Å². The molecule has 0 aromatic carbocycles. The lowest BCUT2D eigenvalue weighted by Gasteiger charge is -2.46. The zero-order valence-corrected chi connectivity index (χ0v) is 54.2. The van der Waals surface area contributed by atoms with Crippen LogP contribution in [-0.2, 0) is 23.7 Å². The molecule has 2 fully saturated rings. The van der Waals surface area contributed by atoms with Gasteiger partial charge in [0, 0.05) is 6.42 Å².